The second-order valence-corrected chi connectivity index (χ2v) is 9.50. The summed E-state index contributed by atoms with van der Waals surface area (Å²) in [4.78, 5) is 27.4. The molecule has 0 aliphatic carbocycles. The molecule has 2 aliphatic heterocycles. The van der Waals surface area contributed by atoms with E-state index >= 15 is 0 Å². The van der Waals surface area contributed by atoms with Crippen molar-refractivity contribution in [2.24, 2.45) is 0 Å². The molecule has 7 nitrogen and oxygen atoms in total. The molecule has 2 aliphatic rings. The Morgan fingerprint density at radius 1 is 1.03 bits per heavy atom. The van der Waals surface area contributed by atoms with Crippen LogP contribution in [-0.4, -0.2) is 53.7 Å². The van der Waals surface area contributed by atoms with Crippen LogP contribution in [0.15, 0.2) is 42.5 Å². The number of fused-ring (bicyclic) bond motifs is 1. The maximum absolute atomic E-state index is 13.2. The monoisotopic (exact) mass is 471 g/mol. The van der Waals surface area contributed by atoms with E-state index in [-0.39, 0.29) is 6.03 Å². The summed E-state index contributed by atoms with van der Waals surface area (Å²) in [7, 11) is 0. The van der Waals surface area contributed by atoms with Gasteiger partial charge in [-0.2, -0.15) is 0 Å². The van der Waals surface area contributed by atoms with Crippen LogP contribution in [0, 0.1) is 20.8 Å². The third kappa shape index (κ3) is 5.15. The van der Waals surface area contributed by atoms with Crippen LogP contribution in [0.4, 0.5) is 16.3 Å². The molecule has 2 aromatic carbocycles. The first-order chi connectivity index (χ1) is 17.0. The number of rotatable bonds is 4. The maximum atomic E-state index is 13.2. The first kappa shape index (κ1) is 23.3. The zero-order valence-electron chi connectivity index (χ0n) is 20.8. The Hall–Kier alpha value is -3.45. The average Bonchev–Trinajstić information content (AvgIpc) is 2.86. The third-order valence-corrected chi connectivity index (χ3v) is 6.97. The molecular formula is C28H33N5O2. The first-order valence-electron chi connectivity index (χ1n) is 12.4. The fourth-order valence-corrected chi connectivity index (χ4v) is 4.82. The fraction of sp³-hybridized carbons (Fsp3) is 0.393. The fourth-order valence-electron chi connectivity index (χ4n) is 4.82. The Balaban J connectivity index is 1.42. The van der Waals surface area contributed by atoms with Crippen molar-refractivity contribution < 1.29 is 9.53 Å². The second kappa shape index (κ2) is 10.0. The number of carbonyl (C=O) groups excluding carboxylic acids is 1. The van der Waals surface area contributed by atoms with E-state index in [2.05, 4.69) is 54.4 Å². The lowest BCUT2D eigenvalue weighted by Crippen LogP contribution is -2.42. The number of anilines is 2. The minimum Gasteiger partial charge on any atom is -0.378 e. The van der Waals surface area contributed by atoms with Crippen molar-refractivity contribution in [1.29, 1.82) is 0 Å². The summed E-state index contributed by atoms with van der Waals surface area (Å²) in [6.45, 7) is 10.3. The summed E-state index contributed by atoms with van der Waals surface area (Å²) in [6, 6.07) is 14.4. The van der Waals surface area contributed by atoms with Crippen molar-refractivity contribution in [3.05, 3.63) is 81.8 Å². The quantitative estimate of drug-likeness (QED) is 0.610. The van der Waals surface area contributed by atoms with Crippen molar-refractivity contribution in [3.8, 4) is 0 Å². The Morgan fingerprint density at radius 3 is 2.63 bits per heavy atom. The smallest absolute Gasteiger partial charge is 0.322 e. The number of aromatic nitrogens is 2. The van der Waals surface area contributed by atoms with Gasteiger partial charge in [-0.25, -0.2) is 14.8 Å². The van der Waals surface area contributed by atoms with Gasteiger partial charge < -0.3 is 19.9 Å². The molecule has 1 fully saturated rings. The molecule has 0 saturated carbocycles. The predicted molar refractivity (Wildman–Crippen MR) is 138 cm³/mol. The summed E-state index contributed by atoms with van der Waals surface area (Å²) in [6.07, 6.45) is 1.42. The van der Waals surface area contributed by atoms with Gasteiger partial charge in [-0.3, -0.25) is 0 Å². The van der Waals surface area contributed by atoms with Crippen molar-refractivity contribution in [3.63, 3.8) is 0 Å². The number of benzene rings is 2. The lowest BCUT2D eigenvalue weighted by molar-refractivity contribution is 0.122. The number of aryl methyl sites for hydroxylation is 2. The normalized spacial score (nSPS) is 15.6. The van der Waals surface area contributed by atoms with Crippen LogP contribution in [0.25, 0.3) is 0 Å². The number of ether oxygens (including phenoxy) is 1. The van der Waals surface area contributed by atoms with Gasteiger partial charge in [-0.15, -0.1) is 0 Å². The molecule has 0 radical (unpaired) electrons. The van der Waals surface area contributed by atoms with E-state index in [1.165, 1.54) is 11.1 Å². The standard InChI is InChI=1S/C28H33N5O2/c1-19-6-4-8-22(16-19)17-26-29-25-10-11-33(28(34)30-24-9-5-7-20(2)21(24)3)18-23(25)27(31-26)32-12-14-35-15-13-32/h4-9,16H,10-15,17-18H2,1-3H3,(H,30,34). The molecule has 0 unspecified atom stereocenters. The number of hydrogen-bond acceptors (Lipinski definition) is 5. The SMILES string of the molecule is Cc1cccc(Cc2nc3c(c(N4CCOCC4)n2)CN(C(=O)Nc2cccc(C)c2C)CC3)c1. The van der Waals surface area contributed by atoms with E-state index in [1.807, 2.05) is 24.0 Å². The lowest BCUT2D eigenvalue weighted by atomic mass is 10.0. The molecular weight excluding hydrogens is 438 g/mol. The molecule has 1 saturated heterocycles. The Kier molecular flexibility index (Phi) is 6.68. The topological polar surface area (TPSA) is 70.6 Å². The molecule has 2 amide bonds. The van der Waals surface area contributed by atoms with Gasteiger partial charge in [-0.05, 0) is 43.5 Å². The van der Waals surface area contributed by atoms with Gasteiger partial charge in [0.05, 0.1) is 25.5 Å². The minimum atomic E-state index is -0.0823. The number of nitrogens with one attached hydrogen (secondary N) is 1. The van der Waals surface area contributed by atoms with Crippen LogP contribution in [-0.2, 0) is 24.1 Å². The Labute approximate surface area is 207 Å². The van der Waals surface area contributed by atoms with Crippen molar-refractivity contribution in [2.45, 2.75) is 40.2 Å². The van der Waals surface area contributed by atoms with E-state index in [0.717, 1.165) is 59.2 Å². The van der Waals surface area contributed by atoms with Crippen LogP contribution in [0.3, 0.4) is 0 Å². The summed E-state index contributed by atoms with van der Waals surface area (Å²) in [5.41, 5.74) is 7.68. The van der Waals surface area contributed by atoms with Gasteiger partial charge in [-0.1, -0.05) is 42.0 Å². The maximum Gasteiger partial charge on any atom is 0.322 e. The molecule has 182 valence electrons. The van der Waals surface area contributed by atoms with Crippen LogP contribution < -0.4 is 10.2 Å². The minimum absolute atomic E-state index is 0.0823. The van der Waals surface area contributed by atoms with Crippen LogP contribution in [0.5, 0.6) is 0 Å². The molecule has 7 heteroatoms. The van der Waals surface area contributed by atoms with Crippen LogP contribution in [0.1, 0.15) is 39.3 Å². The summed E-state index contributed by atoms with van der Waals surface area (Å²) in [5, 5.41) is 3.11. The molecule has 0 bridgehead atoms. The highest BCUT2D eigenvalue weighted by molar-refractivity contribution is 5.90. The number of hydrogen-bond donors (Lipinski definition) is 1. The predicted octanol–water partition coefficient (Wildman–Crippen LogP) is 4.42. The number of amides is 2. The van der Waals surface area contributed by atoms with Crippen LogP contribution in [0.2, 0.25) is 0 Å². The van der Waals surface area contributed by atoms with Gasteiger partial charge in [0.1, 0.15) is 11.6 Å². The zero-order chi connectivity index (χ0) is 24.4. The average molecular weight is 472 g/mol. The molecule has 3 aromatic rings. The van der Waals surface area contributed by atoms with Crippen molar-refractivity contribution >= 4 is 17.5 Å². The number of urea groups is 1. The Morgan fingerprint density at radius 2 is 1.83 bits per heavy atom. The van der Waals surface area contributed by atoms with E-state index in [4.69, 9.17) is 14.7 Å². The summed E-state index contributed by atoms with van der Waals surface area (Å²) in [5.74, 6) is 1.79. The van der Waals surface area contributed by atoms with Gasteiger partial charge in [0, 0.05) is 43.7 Å². The van der Waals surface area contributed by atoms with Crippen molar-refractivity contribution in [2.75, 3.05) is 43.1 Å². The summed E-state index contributed by atoms with van der Waals surface area (Å²) >= 11 is 0. The highest BCUT2D eigenvalue weighted by atomic mass is 16.5. The molecule has 0 spiro atoms. The van der Waals surface area contributed by atoms with Gasteiger partial charge >= 0.3 is 6.03 Å². The molecule has 0 atom stereocenters. The van der Waals surface area contributed by atoms with Crippen LogP contribution >= 0.6 is 0 Å². The van der Waals surface area contributed by atoms with Gasteiger partial charge in [0.15, 0.2) is 0 Å². The van der Waals surface area contributed by atoms with Crippen molar-refractivity contribution in [1.82, 2.24) is 14.9 Å². The van der Waals surface area contributed by atoms with E-state index < -0.39 is 0 Å². The molecule has 35 heavy (non-hydrogen) atoms. The molecule has 1 N–H and O–H groups in total. The third-order valence-electron chi connectivity index (χ3n) is 6.97. The van der Waals surface area contributed by atoms with E-state index in [9.17, 15) is 4.79 Å². The number of carbonyl (C=O) groups is 1. The highest BCUT2D eigenvalue weighted by Crippen LogP contribution is 2.29. The molecule has 1 aromatic heterocycles. The Bertz CT molecular complexity index is 1240. The zero-order valence-corrected chi connectivity index (χ0v) is 20.8. The number of morpholine rings is 1. The van der Waals surface area contributed by atoms with E-state index in [1.54, 1.807) is 0 Å². The first-order valence-corrected chi connectivity index (χ1v) is 12.4. The van der Waals surface area contributed by atoms with Gasteiger partial charge in [0.2, 0.25) is 0 Å². The van der Waals surface area contributed by atoms with E-state index in [0.29, 0.717) is 32.7 Å². The largest absolute Gasteiger partial charge is 0.378 e. The summed E-state index contributed by atoms with van der Waals surface area (Å²) < 4.78 is 5.59. The van der Waals surface area contributed by atoms with Gasteiger partial charge in [0.25, 0.3) is 0 Å². The highest BCUT2D eigenvalue weighted by Gasteiger charge is 2.28. The lowest BCUT2D eigenvalue weighted by Gasteiger charge is -2.34. The molecule has 3 heterocycles. The number of nitrogens with zero attached hydrogens (tertiary/aromatic N) is 4. The second-order valence-electron chi connectivity index (χ2n) is 9.50. The molecule has 5 rings (SSSR count).